The fourth-order valence-corrected chi connectivity index (χ4v) is 2.33. The van der Waals surface area contributed by atoms with Gasteiger partial charge in [-0.2, -0.15) is 11.8 Å². The van der Waals surface area contributed by atoms with Gasteiger partial charge in [-0.3, -0.25) is 4.79 Å². The molecule has 0 radical (unpaired) electrons. The number of carbonyl (C=O) groups excluding carboxylic acids is 1. The molecule has 0 aliphatic carbocycles. The van der Waals surface area contributed by atoms with E-state index in [9.17, 15) is 4.79 Å². The van der Waals surface area contributed by atoms with Crippen LogP contribution in [0, 0.1) is 5.92 Å². The fraction of sp³-hybridized carbons (Fsp3) is 0.909. The maximum Gasteiger partial charge on any atom is 0.234 e. The number of nitrogens with one attached hydrogen (secondary N) is 1. The second-order valence-corrected chi connectivity index (χ2v) is 5.58. The number of hydrogen-bond acceptors (Lipinski definition) is 4. The van der Waals surface area contributed by atoms with Gasteiger partial charge in [0, 0.05) is 12.6 Å². The highest BCUT2D eigenvalue weighted by molar-refractivity contribution is 7.99. The first-order valence-electron chi connectivity index (χ1n) is 5.71. The zero-order chi connectivity index (χ0) is 12.6. The van der Waals surface area contributed by atoms with Crippen LogP contribution in [-0.4, -0.2) is 41.2 Å². The molecular formula is C11H24N2O2S. The zero-order valence-corrected chi connectivity index (χ0v) is 11.2. The Hall–Kier alpha value is -0.260. The van der Waals surface area contributed by atoms with Gasteiger partial charge in [-0.25, -0.2) is 0 Å². The van der Waals surface area contributed by atoms with Crippen molar-refractivity contribution in [3.8, 4) is 0 Å². The fourth-order valence-electron chi connectivity index (χ4n) is 1.25. The number of hydrogen-bond donors (Lipinski definition) is 3. The number of nitrogens with two attached hydrogens (primary N) is 1. The van der Waals surface area contributed by atoms with Crippen LogP contribution in [0.1, 0.15) is 27.2 Å². The van der Waals surface area contributed by atoms with Gasteiger partial charge in [-0.1, -0.05) is 20.8 Å². The van der Waals surface area contributed by atoms with Crippen LogP contribution in [0.2, 0.25) is 0 Å². The molecule has 16 heavy (non-hydrogen) atoms. The van der Waals surface area contributed by atoms with E-state index in [4.69, 9.17) is 10.8 Å². The van der Waals surface area contributed by atoms with Gasteiger partial charge in [-0.15, -0.1) is 0 Å². The molecule has 1 amide bonds. The third-order valence-electron chi connectivity index (χ3n) is 2.14. The Balaban J connectivity index is 3.72. The van der Waals surface area contributed by atoms with E-state index in [2.05, 4.69) is 5.32 Å². The van der Waals surface area contributed by atoms with Gasteiger partial charge in [-0.05, 0) is 23.8 Å². The maximum absolute atomic E-state index is 11.1. The Morgan fingerprint density at radius 1 is 1.44 bits per heavy atom. The summed E-state index contributed by atoms with van der Waals surface area (Å²) in [7, 11) is 0. The smallest absolute Gasteiger partial charge is 0.234 e. The van der Waals surface area contributed by atoms with Crippen LogP contribution in [-0.2, 0) is 4.79 Å². The standard InChI is InChI=1S/C11H24N2O2S/c1-8(2)13-10(11(12)15)4-5-16-7-9(3)6-14/h8-10,13-14H,4-7H2,1-3H3,(H2,12,15). The Morgan fingerprint density at radius 3 is 2.50 bits per heavy atom. The summed E-state index contributed by atoms with van der Waals surface area (Å²) < 4.78 is 0. The topological polar surface area (TPSA) is 75.3 Å². The van der Waals surface area contributed by atoms with Gasteiger partial charge >= 0.3 is 0 Å². The number of thioether (sulfide) groups is 1. The van der Waals surface area contributed by atoms with Crippen LogP contribution in [0.15, 0.2) is 0 Å². The number of carbonyl (C=O) groups is 1. The predicted octanol–water partition coefficient (Wildman–Crippen LogP) is 0.590. The first-order chi connectivity index (χ1) is 7.47. The van der Waals surface area contributed by atoms with Gasteiger partial charge in [0.05, 0.1) is 6.04 Å². The lowest BCUT2D eigenvalue weighted by atomic mass is 10.2. The minimum Gasteiger partial charge on any atom is -0.396 e. The van der Waals surface area contributed by atoms with Crippen LogP contribution < -0.4 is 11.1 Å². The molecular weight excluding hydrogens is 224 g/mol. The molecule has 0 aromatic carbocycles. The van der Waals surface area contributed by atoms with Crippen LogP contribution >= 0.6 is 11.8 Å². The molecule has 0 saturated heterocycles. The van der Waals surface area contributed by atoms with Gasteiger partial charge < -0.3 is 16.2 Å². The second-order valence-electron chi connectivity index (χ2n) is 4.43. The largest absolute Gasteiger partial charge is 0.396 e. The lowest BCUT2D eigenvalue weighted by Crippen LogP contribution is -2.44. The van der Waals surface area contributed by atoms with Gasteiger partial charge in [0.15, 0.2) is 0 Å². The van der Waals surface area contributed by atoms with Crippen molar-refractivity contribution in [3.63, 3.8) is 0 Å². The molecule has 2 atom stereocenters. The van der Waals surface area contributed by atoms with E-state index >= 15 is 0 Å². The number of primary amides is 1. The number of aliphatic hydroxyl groups excluding tert-OH is 1. The van der Waals surface area contributed by atoms with Gasteiger partial charge in [0.2, 0.25) is 5.91 Å². The number of aliphatic hydroxyl groups is 1. The molecule has 0 fully saturated rings. The summed E-state index contributed by atoms with van der Waals surface area (Å²) in [4.78, 5) is 11.1. The van der Waals surface area contributed by atoms with E-state index in [1.807, 2.05) is 20.8 Å². The first kappa shape index (κ1) is 15.7. The Bertz CT molecular complexity index is 200. The van der Waals surface area contributed by atoms with Gasteiger partial charge in [0.25, 0.3) is 0 Å². The molecule has 96 valence electrons. The minimum atomic E-state index is -0.287. The molecule has 0 saturated carbocycles. The molecule has 4 nitrogen and oxygen atoms in total. The van der Waals surface area contributed by atoms with E-state index in [0.29, 0.717) is 5.92 Å². The highest BCUT2D eigenvalue weighted by Crippen LogP contribution is 2.10. The lowest BCUT2D eigenvalue weighted by Gasteiger charge is -2.18. The Morgan fingerprint density at radius 2 is 2.06 bits per heavy atom. The summed E-state index contributed by atoms with van der Waals surface area (Å²) in [5.74, 6) is 1.83. The van der Waals surface area contributed by atoms with Crippen molar-refractivity contribution in [2.75, 3.05) is 18.1 Å². The van der Waals surface area contributed by atoms with Crippen molar-refractivity contribution in [3.05, 3.63) is 0 Å². The zero-order valence-electron chi connectivity index (χ0n) is 10.4. The summed E-state index contributed by atoms with van der Waals surface area (Å²) in [5.41, 5.74) is 5.30. The SMILES string of the molecule is CC(CO)CSCCC(NC(C)C)C(N)=O. The first-order valence-corrected chi connectivity index (χ1v) is 6.86. The van der Waals surface area contributed by atoms with Crippen molar-refractivity contribution < 1.29 is 9.90 Å². The summed E-state index contributed by atoms with van der Waals surface area (Å²) >= 11 is 1.75. The van der Waals surface area contributed by atoms with Gasteiger partial charge in [0.1, 0.15) is 0 Å². The number of amides is 1. The minimum absolute atomic E-state index is 0.219. The predicted molar refractivity (Wildman–Crippen MR) is 69.4 cm³/mol. The monoisotopic (exact) mass is 248 g/mol. The molecule has 0 aromatic rings. The van der Waals surface area contributed by atoms with Crippen molar-refractivity contribution in [2.24, 2.45) is 11.7 Å². The highest BCUT2D eigenvalue weighted by atomic mass is 32.2. The second kappa shape index (κ2) is 8.84. The molecule has 2 unspecified atom stereocenters. The summed E-state index contributed by atoms with van der Waals surface area (Å²) in [6, 6.07) is 0.0239. The van der Waals surface area contributed by atoms with Crippen LogP contribution in [0.25, 0.3) is 0 Å². The molecule has 0 spiro atoms. The highest BCUT2D eigenvalue weighted by Gasteiger charge is 2.15. The van der Waals surface area contributed by atoms with E-state index in [1.54, 1.807) is 11.8 Å². The molecule has 0 heterocycles. The quantitative estimate of drug-likeness (QED) is 0.522. The van der Waals surface area contributed by atoms with E-state index in [1.165, 1.54) is 0 Å². The maximum atomic E-state index is 11.1. The Labute approximate surface area is 102 Å². The third kappa shape index (κ3) is 7.96. The van der Waals surface area contributed by atoms with Crippen LogP contribution in [0.5, 0.6) is 0 Å². The van der Waals surface area contributed by atoms with E-state index < -0.39 is 0 Å². The average molecular weight is 248 g/mol. The van der Waals surface area contributed by atoms with Crippen LogP contribution in [0.3, 0.4) is 0 Å². The lowest BCUT2D eigenvalue weighted by molar-refractivity contribution is -0.120. The summed E-state index contributed by atoms with van der Waals surface area (Å²) in [6.07, 6.45) is 0.746. The molecule has 0 aromatic heterocycles. The average Bonchev–Trinajstić information content (AvgIpc) is 2.21. The number of rotatable bonds is 9. The van der Waals surface area contributed by atoms with E-state index in [0.717, 1.165) is 17.9 Å². The summed E-state index contributed by atoms with van der Waals surface area (Å²) in [5, 5.41) is 12.0. The van der Waals surface area contributed by atoms with Crippen LogP contribution in [0.4, 0.5) is 0 Å². The molecule has 0 aliphatic rings. The molecule has 4 N–H and O–H groups in total. The normalized spacial score (nSPS) is 15.1. The van der Waals surface area contributed by atoms with E-state index in [-0.39, 0.29) is 24.6 Å². The molecule has 0 rings (SSSR count). The van der Waals surface area contributed by atoms with Crippen molar-refractivity contribution in [1.82, 2.24) is 5.32 Å². The molecule has 0 aliphatic heterocycles. The molecule has 0 bridgehead atoms. The van der Waals surface area contributed by atoms with Crippen molar-refractivity contribution >= 4 is 17.7 Å². The third-order valence-corrected chi connectivity index (χ3v) is 3.47. The Kier molecular flexibility index (Phi) is 8.70. The van der Waals surface area contributed by atoms with Crippen molar-refractivity contribution in [1.29, 1.82) is 0 Å². The summed E-state index contributed by atoms with van der Waals surface area (Å²) in [6.45, 7) is 6.22. The van der Waals surface area contributed by atoms with Crippen molar-refractivity contribution in [2.45, 2.75) is 39.3 Å². The molecule has 5 heteroatoms.